The zero-order valence-electron chi connectivity index (χ0n) is 11.0. The highest BCUT2D eigenvalue weighted by atomic mass is 19.4. The maximum absolute atomic E-state index is 13.8. The molecule has 0 aliphatic carbocycles. The number of anilines is 1. The summed E-state index contributed by atoms with van der Waals surface area (Å²) < 4.78 is 50.5. The van der Waals surface area contributed by atoms with Crippen LogP contribution in [0.3, 0.4) is 0 Å². The van der Waals surface area contributed by atoms with Crippen LogP contribution in [0, 0.1) is 5.82 Å². The summed E-state index contributed by atoms with van der Waals surface area (Å²) in [7, 11) is 1.21. The molecule has 0 fully saturated rings. The summed E-state index contributed by atoms with van der Waals surface area (Å²) in [4.78, 5) is 0.846. The minimum Gasteiger partial charge on any atom is -0.363 e. The van der Waals surface area contributed by atoms with Gasteiger partial charge in [-0.1, -0.05) is 13.0 Å². The second kappa shape index (κ2) is 6.23. The summed E-state index contributed by atoms with van der Waals surface area (Å²) in [6, 6.07) is 4.15. The molecule has 0 bridgehead atoms. The van der Waals surface area contributed by atoms with E-state index in [4.69, 9.17) is 5.73 Å². The van der Waals surface area contributed by atoms with Gasteiger partial charge in [0.15, 0.2) is 0 Å². The van der Waals surface area contributed by atoms with E-state index >= 15 is 0 Å². The fourth-order valence-corrected chi connectivity index (χ4v) is 1.79. The molecule has 0 saturated heterocycles. The lowest BCUT2D eigenvalue weighted by Gasteiger charge is -2.22. The van der Waals surface area contributed by atoms with E-state index in [1.54, 1.807) is 6.07 Å². The van der Waals surface area contributed by atoms with Crippen LogP contribution in [0.25, 0.3) is 0 Å². The summed E-state index contributed by atoms with van der Waals surface area (Å²) >= 11 is 0. The number of benzene rings is 1. The normalized spacial score (nSPS) is 13.4. The van der Waals surface area contributed by atoms with E-state index in [0.29, 0.717) is 12.0 Å². The molecular weight excluding hydrogens is 260 g/mol. The Morgan fingerprint density at radius 1 is 1.32 bits per heavy atom. The Balaban J connectivity index is 2.82. The van der Waals surface area contributed by atoms with Gasteiger partial charge in [-0.05, 0) is 30.5 Å². The number of rotatable bonds is 5. The van der Waals surface area contributed by atoms with E-state index in [0.717, 1.165) is 11.3 Å². The van der Waals surface area contributed by atoms with Gasteiger partial charge in [-0.25, -0.2) is 4.39 Å². The molecule has 2 N–H and O–H groups in total. The molecule has 0 aliphatic heterocycles. The van der Waals surface area contributed by atoms with Crippen LogP contribution in [0.5, 0.6) is 0 Å². The van der Waals surface area contributed by atoms with Gasteiger partial charge in [0.25, 0.3) is 0 Å². The van der Waals surface area contributed by atoms with Gasteiger partial charge in [0.1, 0.15) is 12.4 Å². The van der Waals surface area contributed by atoms with Crippen LogP contribution < -0.4 is 10.6 Å². The van der Waals surface area contributed by atoms with Crippen molar-refractivity contribution < 1.29 is 17.6 Å². The Morgan fingerprint density at radius 2 is 1.95 bits per heavy atom. The molecule has 6 heteroatoms. The van der Waals surface area contributed by atoms with Crippen molar-refractivity contribution in [3.05, 3.63) is 29.6 Å². The third kappa shape index (κ3) is 5.06. The molecule has 0 saturated carbocycles. The van der Waals surface area contributed by atoms with Crippen LogP contribution >= 0.6 is 0 Å². The van der Waals surface area contributed by atoms with Gasteiger partial charge in [0.05, 0.1) is 5.69 Å². The Bertz CT molecular complexity index is 418. The smallest absolute Gasteiger partial charge is 0.363 e. The Kier molecular flexibility index (Phi) is 5.17. The lowest BCUT2D eigenvalue weighted by molar-refractivity contribution is -0.119. The van der Waals surface area contributed by atoms with Crippen molar-refractivity contribution in [1.29, 1.82) is 0 Å². The summed E-state index contributed by atoms with van der Waals surface area (Å²) in [5, 5.41) is 0. The Hall–Kier alpha value is -1.30. The number of hydrogen-bond acceptors (Lipinski definition) is 2. The highest BCUT2D eigenvalue weighted by molar-refractivity contribution is 5.48. The molecule has 108 valence electrons. The average molecular weight is 278 g/mol. The van der Waals surface area contributed by atoms with E-state index in [2.05, 4.69) is 0 Å². The predicted octanol–water partition coefficient (Wildman–Crippen LogP) is 3.10. The molecule has 0 aliphatic rings. The molecule has 0 spiro atoms. The number of halogens is 4. The first-order valence-electron chi connectivity index (χ1n) is 6.05. The minimum atomic E-state index is -4.36. The van der Waals surface area contributed by atoms with Crippen molar-refractivity contribution in [2.24, 2.45) is 5.73 Å². The molecule has 0 amide bonds. The van der Waals surface area contributed by atoms with Crippen molar-refractivity contribution >= 4 is 5.69 Å². The second-order valence-corrected chi connectivity index (χ2v) is 4.63. The maximum Gasteiger partial charge on any atom is 0.405 e. The largest absolute Gasteiger partial charge is 0.405 e. The van der Waals surface area contributed by atoms with Crippen LogP contribution in [0.15, 0.2) is 18.2 Å². The standard InChI is InChI=1S/C13H18F4N2/c1-3-10(18)6-9-4-5-12(11(14)7-9)19(2)8-13(15,16)17/h4-5,7,10H,3,6,8,18H2,1-2H3. The molecular formula is C13H18F4N2. The van der Waals surface area contributed by atoms with Crippen LogP contribution in [-0.2, 0) is 6.42 Å². The highest BCUT2D eigenvalue weighted by Crippen LogP contribution is 2.24. The zero-order chi connectivity index (χ0) is 14.6. The highest BCUT2D eigenvalue weighted by Gasteiger charge is 2.30. The molecule has 1 rings (SSSR count). The molecule has 0 aromatic heterocycles. The third-order valence-electron chi connectivity index (χ3n) is 2.86. The van der Waals surface area contributed by atoms with Crippen molar-refractivity contribution in [3.63, 3.8) is 0 Å². The van der Waals surface area contributed by atoms with Crippen molar-refractivity contribution in [3.8, 4) is 0 Å². The van der Waals surface area contributed by atoms with E-state index < -0.39 is 18.5 Å². The van der Waals surface area contributed by atoms with Crippen LogP contribution in [0.4, 0.5) is 23.2 Å². The summed E-state index contributed by atoms with van der Waals surface area (Å²) in [6.45, 7) is 0.740. The molecule has 2 nitrogen and oxygen atoms in total. The Morgan fingerprint density at radius 3 is 2.42 bits per heavy atom. The van der Waals surface area contributed by atoms with Gasteiger partial charge in [-0.2, -0.15) is 13.2 Å². The first-order valence-corrected chi connectivity index (χ1v) is 6.05. The number of alkyl halides is 3. The first-order chi connectivity index (χ1) is 8.73. The van der Waals surface area contributed by atoms with Crippen LogP contribution in [-0.4, -0.2) is 25.8 Å². The SMILES string of the molecule is CCC(N)Cc1ccc(N(C)CC(F)(F)F)c(F)c1. The van der Waals surface area contributed by atoms with Crippen molar-refractivity contribution in [2.75, 3.05) is 18.5 Å². The Labute approximate surface area is 110 Å². The molecule has 1 aromatic rings. The molecule has 19 heavy (non-hydrogen) atoms. The van der Waals surface area contributed by atoms with Crippen LogP contribution in [0.1, 0.15) is 18.9 Å². The molecule has 1 atom stereocenters. The third-order valence-corrected chi connectivity index (χ3v) is 2.86. The quantitative estimate of drug-likeness (QED) is 0.839. The van der Waals surface area contributed by atoms with E-state index in [-0.39, 0.29) is 11.7 Å². The van der Waals surface area contributed by atoms with Crippen LogP contribution in [0.2, 0.25) is 0 Å². The second-order valence-electron chi connectivity index (χ2n) is 4.63. The molecule has 0 heterocycles. The molecule has 0 radical (unpaired) electrons. The average Bonchev–Trinajstić information content (AvgIpc) is 2.26. The monoisotopic (exact) mass is 278 g/mol. The van der Waals surface area contributed by atoms with Crippen molar-refractivity contribution in [2.45, 2.75) is 32.0 Å². The topological polar surface area (TPSA) is 29.3 Å². The van der Waals surface area contributed by atoms with Gasteiger partial charge >= 0.3 is 6.18 Å². The van der Waals surface area contributed by atoms with Gasteiger partial charge in [-0.15, -0.1) is 0 Å². The van der Waals surface area contributed by atoms with Gasteiger partial charge in [-0.3, -0.25) is 0 Å². The van der Waals surface area contributed by atoms with E-state index in [1.807, 2.05) is 6.92 Å². The number of nitrogens with zero attached hydrogens (tertiary/aromatic N) is 1. The van der Waals surface area contributed by atoms with Gasteiger partial charge in [0, 0.05) is 13.1 Å². The lowest BCUT2D eigenvalue weighted by atomic mass is 10.0. The summed E-state index contributed by atoms with van der Waals surface area (Å²) in [5.41, 5.74) is 6.38. The van der Waals surface area contributed by atoms with Gasteiger partial charge in [0.2, 0.25) is 0 Å². The summed E-state index contributed by atoms with van der Waals surface area (Å²) in [5.74, 6) is -0.660. The van der Waals surface area contributed by atoms with Gasteiger partial charge < -0.3 is 10.6 Å². The number of nitrogens with two attached hydrogens (primary N) is 1. The number of hydrogen-bond donors (Lipinski definition) is 1. The fraction of sp³-hybridized carbons (Fsp3) is 0.538. The van der Waals surface area contributed by atoms with E-state index in [9.17, 15) is 17.6 Å². The predicted molar refractivity (Wildman–Crippen MR) is 67.7 cm³/mol. The lowest BCUT2D eigenvalue weighted by Crippen LogP contribution is -2.31. The molecule has 1 unspecified atom stereocenters. The molecule has 1 aromatic carbocycles. The summed E-state index contributed by atoms with van der Waals surface area (Å²) in [6.07, 6.45) is -3.08. The minimum absolute atomic E-state index is 0.0638. The van der Waals surface area contributed by atoms with E-state index in [1.165, 1.54) is 19.2 Å². The fourth-order valence-electron chi connectivity index (χ4n) is 1.79. The van der Waals surface area contributed by atoms with Crippen molar-refractivity contribution in [1.82, 2.24) is 0 Å². The first kappa shape index (κ1) is 15.8. The zero-order valence-corrected chi connectivity index (χ0v) is 11.0. The maximum atomic E-state index is 13.8.